The highest BCUT2D eigenvalue weighted by Crippen LogP contribution is 2.17. The van der Waals surface area contributed by atoms with E-state index in [4.69, 9.17) is 14.6 Å². The average molecular weight is 376 g/mol. The third-order valence-corrected chi connectivity index (χ3v) is 4.42. The van der Waals surface area contributed by atoms with Crippen LogP contribution in [-0.4, -0.2) is 30.4 Å². The summed E-state index contributed by atoms with van der Waals surface area (Å²) >= 11 is 0. The van der Waals surface area contributed by atoms with Crippen molar-refractivity contribution in [3.05, 3.63) is 83.9 Å². The van der Waals surface area contributed by atoms with E-state index in [-0.39, 0.29) is 0 Å². The molecule has 1 atom stereocenters. The molecule has 0 amide bonds. The minimum Gasteiger partial charge on any atom is -0.490 e. The van der Waals surface area contributed by atoms with Gasteiger partial charge in [0.15, 0.2) is 6.10 Å². The molecule has 0 bridgehead atoms. The van der Waals surface area contributed by atoms with Crippen molar-refractivity contribution >= 4 is 22.8 Å². The molecule has 0 unspecified atom stereocenters. The zero-order chi connectivity index (χ0) is 19.8. The van der Waals surface area contributed by atoms with E-state index in [9.17, 15) is 4.79 Å². The smallest absolute Gasteiger partial charge is 0.333 e. The Morgan fingerprint density at radius 2 is 1.79 bits per heavy atom. The minimum absolute atomic E-state index is 0.339. The number of carbonyl (C=O) groups is 1. The highest BCUT2D eigenvalue weighted by Gasteiger charge is 2.17. The molecular formula is C24H24O4. The highest BCUT2D eigenvalue weighted by atomic mass is 16.5. The number of hydrogen-bond donors (Lipinski definition) is 1. The van der Waals surface area contributed by atoms with Gasteiger partial charge in [-0.2, -0.15) is 0 Å². The largest absolute Gasteiger partial charge is 0.490 e. The molecule has 3 rings (SSSR count). The zero-order valence-corrected chi connectivity index (χ0v) is 15.9. The predicted octanol–water partition coefficient (Wildman–Crippen LogP) is 4.96. The van der Waals surface area contributed by atoms with Crippen LogP contribution in [0.15, 0.2) is 72.8 Å². The quantitative estimate of drug-likeness (QED) is 0.573. The molecule has 3 aromatic carbocycles. The summed E-state index contributed by atoms with van der Waals surface area (Å²) in [4.78, 5) is 11.2. The summed E-state index contributed by atoms with van der Waals surface area (Å²) in [7, 11) is 0. The fraction of sp³-hybridized carbons (Fsp3) is 0.208. The first-order valence-corrected chi connectivity index (χ1v) is 9.37. The van der Waals surface area contributed by atoms with Crippen molar-refractivity contribution in [2.24, 2.45) is 0 Å². The van der Waals surface area contributed by atoms with Gasteiger partial charge in [0.2, 0.25) is 0 Å². The Balaban J connectivity index is 1.52. The second kappa shape index (κ2) is 9.72. The van der Waals surface area contributed by atoms with Gasteiger partial charge >= 0.3 is 5.97 Å². The number of rotatable bonds is 9. The Morgan fingerprint density at radius 3 is 2.50 bits per heavy atom. The van der Waals surface area contributed by atoms with Gasteiger partial charge in [0.05, 0.1) is 0 Å². The summed E-state index contributed by atoms with van der Waals surface area (Å²) in [6, 6.07) is 22.1. The van der Waals surface area contributed by atoms with Crippen molar-refractivity contribution < 1.29 is 19.4 Å². The van der Waals surface area contributed by atoms with Gasteiger partial charge in [-0.1, -0.05) is 54.6 Å². The van der Waals surface area contributed by atoms with Gasteiger partial charge in [-0.25, -0.2) is 4.79 Å². The number of fused-ring (bicyclic) bond motifs is 1. The summed E-state index contributed by atoms with van der Waals surface area (Å²) in [6.07, 6.45) is 3.54. The van der Waals surface area contributed by atoms with Crippen LogP contribution in [0.1, 0.15) is 18.1 Å². The van der Waals surface area contributed by atoms with Gasteiger partial charge in [-0.15, -0.1) is 0 Å². The molecule has 0 heterocycles. The standard InChI is InChI=1S/C24H24O4/c1-2-27-23(24(25)26)17-19-10-13-22(14-11-19)28-15-5-6-18-9-12-20-7-3-4-8-21(20)16-18/h3-14,16,23H,2,15,17H2,1H3,(H,25,26)/t23-/m0/s1. The van der Waals surface area contributed by atoms with Gasteiger partial charge in [0.1, 0.15) is 12.4 Å². The van der Waals surface area contributed by atoms with E-state index in [0.717, 1.165) is 16.9 Å². The molecule has 0 aromatic heterocycles. The molecule has 0 saturated carbocycles. The predicted molar refractivity (Wildman–Crippen MR) is 112 cm³/mol. The number of aliphatic carboxylic acids is 1. The Bertz CT molecular complexity index is 944. The van der Waals surface area contributed by atoms with Gasteiger partial charge in [-0.3, -0.25) is 0 Å². The van der Waals surface area contributed by atoms with Gasteiger partial charge in [-0.05, 0) is 53.1 Å². The fourth-order valence-corrected chi connectivity index (χ4v) is 2.99. The summed E-state index contributed by atoms with van der Waals surface area (Å²) in [5.74, 6) is -0.198. The van der Waals surface area contributed by atoms with Crippen molar-refractivity contribution in [1.29, 1.82) is 0 Å². The normalized spacial score (nSPS) is 12.3. The Kier molecular flexibility index (Phi) is 6.82. The summed E-state index contributed by atoms with van der Waals surface area (Å²) in [6.45, 7) is 2.63. The highest BCUT2D eigenvalue weighted by molar-refractivity contribution is 5.84. The number of hydrogen-bond acceptors (Lipinski definition) is 3. The molecule has 0 spiro atoms. The van der Waals surface area contributed by atoms with Crippen LogP contribution in [0.5, 0.6) is 5.75 Å². The Hall–Kier alpha value is -3.11. The molecule has 3 aromatic rings. The maximum absolute atomic E-state index is 11.2. The minimum atomic E-state index is -0.944. The fourth-order valence-electron chi connectivity index (χ4n) is 2.99. The molecule has 0 saturated heterocycles. The molecule has 4 heteroatoms. The summed E-state index contributed by atoms with van der Waals surface area (Å²) < 4.78 is 11.0. The van der Waals surface area contributed by atoms with E-state index in [2.05, 4.69) is 30.3 Å². The number of ether oxygens (including phenoxy) is 2. The first kappa shape index (κ1) is 19.6. The third-order valence-electron chi connectivity index (χ3n) is 4.42. The Morgan fingerprint density at radius 1 is 1.04 bits per heavy atom. The van der Waals surface area contributed by atoms with Crippen molar-refractivity contribution in [1.82, 2.24) is 0 Å². The number of carboxylic acid groups (broad SMARTS) is 1. The third kappa shape index (κ3) is 5.44. The lowest BCUT2D eigenvalue weighted by Gasteiger charge is -2.12. The van der Waals surface area contributed by atoms with Crippen LogP contribution in [0.3, 0.4) is 0 Å². The molecule has 0 aliphatic heterocycles. The Labute approximate surface area is 165 Å². The van der Waals surface area contributed by atoms with Crippen molar-refractivity contribution in [3.8, 4) is 5.75 Å². The van der Waals surface area contributed by atoms with Gasteiger partial charge in [0.25, 0.3) is 0 Å². The lowest BCUT2D eigenvalue weighted by atomic mass is 10.1. The summed E-state index contributed by atoms with van der Waals surface area (Å²) in [5, 5.41) is 11.6. The zero-order valence-electron chi connectivity index (χ0n) is 15.9. The molecule has 4 nitrogen and oxygen atoms in total. The van der Waals surface area contributed by atoms with Crippen molar-refractivity contribution in [2.75, 3.05) is 13.2 Å². The van der Waals surface area contributed by atoms with Crippen molar-refractivity contribution in [3.63, 3.8) is 0 Å². The van der Waals surface area contributed by atoms with E-state index >= 15 is 0 Å². The molecule has 28 heavy (non-hydrogen) atoms. The van der Waals surface area contributed by atoms with Crippen LogP contribution < -0.4 is 4.74 Å². The van der Waals surface area contributed by atoms with E-state index in [1.807, 2.05) is 48.6 Å². The van der Waals surface area contributed by atoms with Gasteiger partial charge in [0, 0.05) is 13.0 Å². The molecule has 0 radical (unpaired) electrons. The van der Waals surface area contributed by atoms with Crippen LogP contribution in [0.4, 0.5) is 0 Å². The topological polar surface area (TPSA) is 55.8 Å². The molecule has 144 valence electrons. The molecule has 1 N–H and O–H groups in total. The van der Waals surface area contributed by atoms with E-state index < -0.39 is 12.1 Å². The van der Waals surface area contributed by atoms with Crippen LogP contribution in [-0.2, 0) is 16.0 Å². The second-order valence-electron chi connectivity index (χ2n) is 6.45. The SMILES string of the molecule is CCO[C@@H](Cc1ccc(OCC=Cc2ccc3ccccc3c2)cc1)C(=O)O. The molecule has 0 fully saturated rings. The van der Waals surface area contributed by atoms with Crippen LogP contribution in [0.2, 0.25) is 0 Å². The van der Waals surface area contributed by atoms with Crippen molar-refractivity contribution in [2.45, 2.75) is 19.4 Å². The molecular weight excluding hydrogens is 352 g/mol. The van der Waals surface area contributed by atoms with Gasteiger partial charge < -0.3 is 14.6 Å². The number of benzene rings is 3. The maximum Gasteiger partial charge on any atom is 0.333 e. The van der Waals surface area contributed by atoms with Crippen LogP contribution in [0.25, 0.3) is 16.8 Å². The second-order valence-corrected chi connectivity index (χ2v) is 6.45. The first-order valence-electron chi connectivity index (χ1n) is 9.37. The maximum atomic E-state index is 11.2. The van der Waals surface area contributed by atoms with E-state index in [1.165, 1.54) is 10.8 Å². The lowest BCUT2D eigenvalue weighted by molar-refractivity contribution is -0.149. The monoisotopic (exact) mass is 376 g/mol. The van der Waals surface area contributed by atoms with E-state index in [1.54, 1.807) is 6.92 Å². The molecule has 0 aliphatic rings. The number of carboxylic acids is 1. The first-order chi connectivity index (χ1) is 13.7. The average Bonchev–Trinajstić information content (AvgIpc) is 2.72. The molecule has 0 aliphatic carbocycles. The van der Waals surface area contributed by atoms with E-state index in [0.29, 0.717) is 19.6 Å². The van der Waals surface area contributed by atoms with Crippen LogP contribution in [0, 0.1) is 0 Å². The lowest BCUT2D eigenvalue weighted by Crippen LogP contribution is -2.26. The van der Waals surface area contributed by atoms with Crippen LogP contribution >= 0.6 is 0 Å². The summed E-state index contributed by atoms with van der Waals surface area (Å²) in [5.41, 5.74) is 2.04.